The van der Waals surface area contributed by atoms with Crippen LogP contribution in [0.25, 0.3) is 11.4 Å². The fourth-order valence-electron chi connectivity index (χ4n) is 4.58. The topological polar surface area (TPSA) is 55.2 Å². The molecule has 1 aromatic carbocycles. The van der Waals surface area contributed by atoms with Gasteiger partial charge in [-0.2, -0.15) is 0 Å². The molecular formula is C20H23N3O2S. The maximum atomic E-state index is 13.1. The highest BCUT2D eigenvalue weighted by Crippen LogP contribution is 2.40. The lowest BCUT2D eigenvalue weighted by molar-refractivity contribution is 0.0210. The van der Waals surface area contributed by atoms with Gasteiger partial charge in [0.15, 0.2) is 0 Å². The van der Waals surface area contributed by atoms with Gasteiger partial charge < -0.3 is 9.47 Å². The van der Waals surface area contributed by atoms with Crippen molar-refractivity contribution >= 4 is 16.7 Å². The molecule has 0 bridgehead atoms. The number of rotatable bonds is 2. The molecule has 1 aromatic heterocycles. The van der Waals surface area contributed by atoms with Crippen molar-refractivity contribution in [3.8, 4) is 11.4 Å². The van der Waals surface area contributed by atoms with E-state index in [9.17, 15) is 9.00 Å². The Morgan fingerprint density at radius 3 is 2.58 bits per heavy atom. The Balaban J connectivity index is 1.48. The molecule has 2 aromatic rings. The van der Waals surface area contributed by atoms with Crippen molar-refractivity contribution in [3.05, 3.63) is 41.7 Å². The molecule has 0 unspecified atom stereocenters. The van der Waals surface area contributed by atoms with Crippen LogP contribution in [-0.2, 0) is 23.8 Å². The number of imidazole rings is 1. The first-order chi connectivity index (χ1) is 12.7. The summed E-state index contributed by atoms with van der Waals surface area (Å²) in [7, 11) is -0.665. The lowest BCUT2D eigenvalue weighted by Crippen LogP contribution is -2.68. The van der Waals surface area contributed by atoms with Crippen LogP contribution in [0.5, 0.6) is 0 Å². The first-order valence-electron chi connectivity index (χ1n) is 9.44. The third kappa shape index (κ3) is 2.54. The molecule has 0 N–H and O–H groups in total. The second kappa shape index (κ2) is 6.05. The van der Waals surface area contributed by atoms with Gasteiger partial charge >= 0.3 is 0 Å². The van der Waals surface area contributed by atoms with E-state index in [1.165, 1.54) is 6.42 Å². The van der Waals surface area contributed by atoms with Crippen molar-refractivity contribution < 1.29 is 9.00 Å². The minimum absolute atomic E-state index is 0.0566. The van der Waals surface area contributed by atoms with Gasteiger partial charge in [0.05, 0.1) is 5.69 Å². The van der Waals surface area contributed by atoms with Crippen LogP contribution < -0.4 is 0 Å². The highest BCUT2D eigenvalue weighted by Gasteiger charge is 2.53. The molecule has 26 heavy (non-hydrogen) atoms. The smallest absolute Gasteiger partial charge is 0.274 e. The largest absolute Gasteiger partial charge is 0.336 e. The van der Waals surface area contributed by atoms with E-state index in [0.717, 1.165) is 67.5 Å². The number of hydrogen-bond acceptors (Lipinski definition) is 3. The summed E-state index contributed by atoms with van der Waals surface area (Å²) in [5.41, 5.74) is 2.95. The molecule has 2 fully saturated rings. The molecule has 3 aliphatic rings. The molecule has 4 heterocycles. The second-order valence-corrected chi connectivity index (χ2v) is 9.41. The zero-order valence-electron chi connectivity index (χ0n) is 14.8. The molecule has 1 spiro atoms. The number of nitrogens with zero attached hydrogens (tertiary/aromatic N) is 3. The van der Waals surface area contributed by atoms with Crippen LogP contribution in [0.15, 0.2) is 30.3 Å². The SMILES string of the molecule is O=C(c1nc(-c2ccccc2)n2c1CCCCC2)N1CC2(C1)CS(=O)C2. The van der Waals surface area contributed by atoms with E-state index in [1.807, 2.05) is 23.1 Å². The van der Waals surface area contributed by atoms with E-state index in [4.69, 9.17) is 4.98 Å². The first kappa shape index (κ1) is 16.2. The van der Waals surface area contributed by atoms with Gasteiger partial charge in [-0.15, -0.1) is 0 Å². The zero-order valence-corrected chi connectivity index (χ0v) is 15.6. The number of aromatic nitrogens is 2. The second-order valence-electron chi connectivity index (χ2n) is 7.95. The molecule has 0 saturated carbocycles. The standard InChI is InChI=1S/C20H23N3O2S/c24-19(22-11-20(12-22)13-26(25)14-20)17-16-9-5-2-6-10-23(16)18(21-17)15-7-3-1-4-8-15/h1,3-4,7-8H,2,5-6,9-14H2. The molecule has 5 nitrogen and oxygen atoms in total. The van der Waals surface area contributed by atoms with Crippen LogP contribution in [0.3, 0.4) is 0 Å². The predicted octanol–water partition coefficient (Wildman–Crippen LogP) is 2.48. The van der Waals surface area contributed by atoms with Crippen LogP contribution in [-0.4, -0.2) is 49.2 Å². The van der Waals surface area contributed by atoms with Crippen molar-refractivity contribution in [2.45, 2.75) is 32.2 Å². The Hall–Kier alpha value is -1.95. The molecular weight excluding hydrogens is 346 g/mol. The summed E-state index contributed by atoms with van der Waals surface area (Å²) in [5.74, 6) is 2.49. The summed E-state index contributed by atoms with van der Waals surface area (Å²) in [4.78, 5) is 19.9. The van der Waals surface area contributed by atoms with Crippen LogP contribution in [0.2, 0.25) is 0 Å². The number of fused-ring (bicyclic) bond motifs is 1. The number of amides is 1. The van der Waals surface area contributed by atoms with Crippen LogP contribution in [0.4, 0.5) is 0 Å². The van der Waals surface area contributed by atoms with Gasteiger partial charge in [0.2, 0.25) is 0 Å². The molecule has 136 valence electrons. The average molecular weight is 369 g/mol. The van der Waals surface area contributed by atoms with Gasteiger partial charge in [0.25, 0.3) is 5.91 Å². The van der Waals surface area contributed by atoms with E-state index in [1.54, 1.807) is 0 Å². The number of carbonyl (C=O) groups is 1. The van der Waals surface area contributed by atoms with Crippen molar-refractivity contribution in [2.24, 2.45) is 5.41 Å². The van der Waals surface area contributed by atoms with Crippen molar-refractivity contribution in [2.75, 3.05) is 24.6 Å². The highest BCUT2D eigenvalue weighted by molar-refractivity contribution is 7.86. The third-order valence-corrected chi connectivity index (χ3v) is 7.75. The summed E-state index contributed by atoms with van der Waals surface area (Å²) in [6, 6.07) is 10.2. The zero-order chi connectivity index (χ0) is 17.7. The van der Waals surface area contributed by atoms with Gasteiger partial charge in [0, 0.05) is 52.9 Å². The van der Waals surface area contributed by atoms with E-state index in [-0.39, 0.29) is 11.3 Å². The molecule has 0 aliphatic carbocycles. The third-order valence-electron chi connectivity index (χ3n) is 5.88. The van der Waals surface area contributed by atoms with Gasteiger partial charge in [-0.1, -0.05) is 36.8 Å². The molecule has 3 aliphatic heterocycles. The van der Waals surface area contributed by atoms with Crippen LogP contribution in [0, 0.1) is 5.41 Å². The first-order valence-corrected chi connectivity index (χ1v) is 10.9. The maximum absolute atomic E-state index is 13.1. The molecule has 2 saturated heterocycles. The summed E-state index contributed by atoms with van der Waals surface area (Å²) >= 11 is 0. The van der Waals surface area contributed by atoms with Crippen molar-refractivity contribution in [1.29, 1.82) is 0 Å². The Bertz CT molecular complexity index is 874. The van der Waals surface area contributed by atoms with Crippen LogP contribution in [0.1, 0.15) is 35.4 Å². The molecule has 1 amide bonds. The minimum atomic E-state index is -0.665. The maximum Gasteiger partial charge on any atom is 0.274 e. The normalized spacial score (nSPS) is 21.6. The monoisotopic (exact) mass is 369 g/mol. The average Bonchev–Trinajstić information content (AvgIpc) is 2.78. The number of likely N-dealkylation sites (tertiary alicyclic amines) is 1. The van der Waals surface area contributed by atoms with E-state index < -0.39 is 10.8 Å². The summed E-state index contributed by atoms with van der Waals surface area (Å²) in [6.45, 7) is 2.41. The summed E-state index contributed by atoms with van der Waals surface area (Å²) in [6.07, 6.45) is 4.37. The lowest BCUT2D eigenvalue weighted by Gasteiger charge is -2.54. The molecule has 6 heteroatoms. The highest BCUT2D eigenvalue weighted by atomic mass is 32.2. The summed E-state index contributed by atoms with van der Waals surface area (Å²) < 4.78 is 13.7. The Morgan fingerprint density at radius 2 is 1.85 bits per heavy atom. The van der Waals surface area contributed by atoms with Crippen molar-refractivity contribution in [1.82, 2.24) is 14.5 Å². The van der Waals surface area contributed by atoms with E-state index >= 15 is 0 Å². The van der Waals surface area contributed by atoms with Crippen LogP contribution >= 0.6 is 0 Å². The molecule has 0 radical (unpaired) electrons. The van der Waals surface area contributed by atoms with E-state index in [0.29, 0.717) is 5.69 Å². The Morgan fingerprint density at radius 1 is 1.08 bits per heavy atom. The van der Waals surface area contributed by atoms with Gasteiger partial charge in [-0.05, 0) is 19.3 Å². The fourth-order valence-corrected chi connectivity index (χ4v) is 6.23. The van der Waals surface area contributed by atoms with Gasteiger partial charge in [-0.25, -0.2) is 4.98 Å². The predicted molar refractivity (Wildman–Crippen MR) is 101 cm³/mol. The van der Waals surface area contributed by atoms with E-state index in [2.05, 4.69) is 16.7 Å². The Kier molecular flexibility index (Phi) is 3.78. The number of carbonyl (C=O) groups excluding carboxylic acids is 1. The van der Waals surface area contributed by atoms with Gasteiger partial charge in [0.1, 0.15) is 11.5 Å². The molecule has 0 atom stereocenters. The quantitative estimate of drug-likeness (QED) is 0.817. The number of hydrogen-bond donors (Lipinski definition) is 0. The fraction of sp³-hybridized carbons (Fsp3) is 0.500. The van der Waals surface area contributed by atoms with Crippen molar-refractivity contribution in [3.63, 3.8) is 0 Å². The lowest BCUT2D eigenvalue weighted by atomic mass is 9.82. The minimum Gasteiger partial charge on any atom is -0.336 e. The van der Waals surface area contributed by atoms with Gasteiger partial charge in [-0.3, -0.25) is 9.00 Å². The number of benzene rings is 1. The molecule has 5 rings (SSSR count). The summed E-state index contributed by atoms with van der Waals surface area (Å²) in [5, 5.41) is 0. The Labute approximate surface area is 155 Å².